The lowest BCUT2D eigenvalue weighted by molar-refractivity contribution is -0.0535. The topological polar surface area (TPSA) is 39.9 Å². The van der Waals surface area contributed by atoms with Crippen molar-refractivity contribution >= 4 is 15.9 Å². The highest BCUT2D eigenvalue weighted by molar-refractivity contribution is 9.10. The van der Waals surface area contributed by atoms with E-state index in [9.17, 15) is 5.11 Å². The zero-order valence-corrected chi connectivity index (χ0v) is 10.6. The Morgan fingerprint density at radius 2 is 2.12 bits per heavy atom. The molecule has 1 aromatic heterocycles. The van der Waals surface area contributed by atoms with Gasteiger partial charge in [0.05, 0.1) is 16.8 Å². The Labute approximate surface area is 103 Å². The van der Waals surface area contributed by atoms with E-state index in [1.54, 1.807) is 6.26 Å². The highest BCUT2D eigenvalue weighted by Crippen LogP contribution is 2.31. The van der Waals surface area contributed by atoms with Crippen LogP contribution in [0.15, 0.2) is 21.2 Å². The number of fused-ring (bicyclic) bond motifs is 3. The molecule has 5 heteroatoms. The number of rotatable bonds is 2. The van der Waals surface area contributed by atoms with Gasteiger partial charge in [0.25, 0.3) is 0 Å². The number of piperazine rings is 3. The molecule has 88 valence electrons. The summed E-state index contributed by atoms with van der Waals surface area (Å²) in [6.45, 7) is 5.31. The Morgan fingerprint density at radius 3 is 2.62 bits per heavy atom. The van der Waals surface area contributed by atoms with Crippen LogP contribution in [0, 0.1) is 0 Å². The van der Waals surface area contributed by atoms with Gasteiger partial charge in [-0.25, -0.2) is 0 Å². The van der Waals surface area contributed by atoms with Crippen LogP contribution in [-0.2, 0) is 0 Å². The number of aliphatic hydroxyl groups excluding tert-OH is 1. The van der Waals surface area contributed by atoms with Crippen molar-refractivity contribution in [3.63, 3.8) is 0 Å². The number of nitrogens with zero attached hydrogens (tertiary/aromatic N) is 2. The van der Waals surface area contributed by atoms with Crippen LogP contribution in [0.25, 0.3) is 0 Å². The molecule has 16 heavy (non-hydrogen) atoms. The first-order valence-corrected chi connectivity index (χ1v) is 6.42. The molecule has 1 N–H and O–H groups in total. The lowest BCUT2D eigenvalue weighted by atomic mass is 10.0. The summed E-state index contributed by atoms with van der Waals surface area (Å²) in [5.41, 5.74) is 0. The molecule has 2 atom stereocenters. The Bertz CT molecular complexity index is 374. The molecule has 0 amide bonds. The van der Waals surface area contributed by atoms with Crippen molar-refractivity contribution in [2.75, 3.05) is 32.7 Å². The molecular weight excluding hydrogens is 272 g/mol. The van der Waals surface area contributed by atoms with Crippen LogP contribution < -0.4 is 0 Å². The normalized spacial score (nSPS) is 35.2. The fourth-order valence-electron chi connectivity index (χ4n) is 2.65. The van der Waals surface area contributed by atoms with E-state index < -0.39 is 6.10 Å². The van der Waals surface area contributed by atoms with E-state index in [0.29, 0.717) is 5.76 Å². The minimum absolute atomic E-state index is 0.171. The summed E-state index contributed by atoms with van der Waals surface area (Å²) in [7, 11) is 0. The Balaban J connectivity index is 1.80. The van der Waals surface area contributed by atoms with Crippen LogP contribution in [0.4, 0.5) is 0 Å². The summed E-state index contributed by atoms with van der Waals surface area (Å²) >= 11 is 3.40. The third kappa shape index (κ3) is 1.72. The Morgan fingerprint density at radius 1 is 1.38 bits per heavy atom. The maximum atomic E-state index is 10.3. The van der Waals surface area contributed by atoms with E-state index in [2.05, 4.69) is 25.7 Å². The van der Waals surface area contributed by atoms with Gasteiger partial charge in [-0.05, 0) is 22.0 Å². The first-order chi connectivity index (χ1) is 7.75. The van der Waals surface area contributed by atoms with Crippen molar-refractivity contribution in [2.45, 2.75) is 12.1 Å². The predicted octanol–water partition coefficient (Wildman–Crippen LogP) is 1.08. The molecule has 0 aliphatic carbocycles. The molecule has 4 nitrogen and oxygen atoms in total. The Hall–Kier alpha value is -0.360. The molecule has 4 rings (SSSR count). The minimum Gasteiger partial charge on any atom is -0.465 e. The monoisotopic (exact) mass is 286 g/mol. The number of aliphatic hydroxyl groups is 1. The van der Waals surface area contributed by atoms with Crippen LogP contribution in [0.3, 0.4) is 0 Å². The Kier molecular flexibility index (Phi) is 2.79. The average Bonchev–Trinajstić information content (AvgIpc) is 2.76. The number of furan rings is 1. The molecule has 1 aromatic rings. The zero-order chi connectivity index (χ0) is 11.1. The summed E-state index contributed by atoms with van der Waals surface area (Å²) in [5.74, 6) is 0.652. The van der Waals surface area contributed by atoms with Gasteiger partial charge in [-0.1, -0.05) is 0 Å². The molecule has 0 saturated carbocycles. The van der Waals surface area contributed by atoms with Crippen LogP contribution in [0.2, 0.25) is 0 Å². The van der Waals surface area contributed by atoms with Crippen molar-refractivity contribution in [3.8, 4) is 0 Å². The van der Waals surface area contributed by atoms with Crippen LogP contribution in [0.1, 0.15) is 11.9 Å². The lowest BCUT2D eigenvalue weighted by Crippen LogP contribution is -2.62. The van der Waals surface area contributed by atoms with Crippen molar-refractivity contribution in [2.24, 2.45) is 0 Å². The SMILES string of the molecule is OC(c1occc1Br)C1CN2CCN1CC2. The maximum absolute atomic E-state index is 10.3. The predicted molar refractivity (Wildman–Crippen MR) is 63.2 cm³/mol. The first kappa shape index (κ1) is 10.8. The number of halogens is 1. The van der Waals surface area contributed by atoms with E-state index >= 15 is 0 Å². The second-order valence-electron chi connectivity index (χ2n) is 4.48. The maximum Gasteiger partial charge on any atom is 0.148 e. The summed E-state index contributed by atoms with van der Waals surface area (Å²) in [4.78, 5) is 4.77. The molecule has 0 spiro atoms. The second-order valence-corrected chi connectivity index (χ2v) is 5.34. The average molecular weight is 287 g/mol. The van der Waals surface area contributed by atoms with Gasteiger partial charge in [-0.2, -0.15) is 0 Å². The van der Waals surface area contributed by atoms with E-state index in [-0.39, 0.29) is 6.04 Å². The smallest absolute Gasteiger partial charge is 0.148 e. The van der Waals surface area contributed by atoms with Crippen LogP contribution in [-0.4, -0.2) is 53.7 Å². The van der Waals surface area contributed by atoms with Gasteiger partial charge in [0.15, 0.2) is 0 Å². The zero-order valence-electron chi connectivity index (χ0n) is 8.97. The standard InChI is InChI=1S/C11H15BrN2O2/c12-8-1-6-16-11(8)10(15)9-7-13-2-4-14(9)5-3-13/h1,6,9-10,15H,2-5,7H2. The molecule has 2 unspecified atom stereocenters. The quantitative estimate of drug-likeness (QED) is 0.883. The van der Waals surface area contributed by atoms with Gasteiger partial charge in [0, 0.05) is 32.7 Å². The van der Waals surface area contributed by atoms with Gasteiger partial charge in [0.1, 0.15) is 11.9 Å². The lowest BCUT2D eigenvalue weighted by Gasteiger charge is -2.48. The van der Waals surface area contributed by atoms with Gasteiger partial charge in [-0.3, -0.25) is 9.80 Å². The highest BCUT2D eigenvalue weighted by Gasteiger charge is 2.38. The molecule has 3 saturated heterocycles. The highest BCUT2D eigenvalue weighted by atomic mass is 79.9. The second kappa shape index (κ2) is 4.14. The molecule has 2 bridgehead atoms. The van der Waals surface area contributed by atoms with Crippen molar-refractivity contribution in [3.05, 3.63) is 22.6 Å². The fraction of sp³-hybridized carbons (Fsp3) is 0.636. The van der Waals surface area contributed by atoms with Crippen molar-refractivity contribution < 1.29 is 9.52 Å². The van der Waals surface area contributed by atoms with Crippen LogP contribution >= 0.6 is 15.9 Å². The van der Waals surface area contributed by atoms with Crippen LogP contribution in [0.5, 0.6) is 0 Å². The van der Waals surface area contributed by atoms with Gasteiger partial charge in [-0.15, -0.1) is 0 Å². The summed E-state index contributed by atoms with van der Waals surface area (Å²) < 4.78 is 6.20. The van der Waals surface area contributed by atoms with E-state index in [1.165, 1.54) is 0 Å². The van der Waals surface area contributed by atoms with Gasteiger partial charge in [0.2, 0.25) is 0 Å². The third-order valence-corrected chi connectivity index (χ3v) is 4.25. The van der Waals surface area contributed by atoms with E-state index in [4.69, 9.17) is 4.42 Å². The number of hydrogen-bond donors (Lipinski definition) is 1. The van der Waals surface area contributed by atoms with Crippen molar-refractivity contribution in [1.29, 1.82) is 0 Å². The fourth-order valence-corrected chi connectivity index (χ4v) is 3.08. The molecule has 4 heterocycles. The molecule has 0 aromatic carbocycles. The summed E-state index contributed by atoms with van der Waals surface area (Å²) in [6.07, 6.45) is 1.08. The molecular formula is C11H15BrN2O2. The van der Waals surface area contributed by atoms with E-state index in [1.807, 2.05) is 6.07 Å². The van der Waals surface area contributed by atoms with Gasteiger partial charge >= 0.3 is 0 Å². The van der Waals surface area contributed by atoms with E-state index in [0.717, 1.165) is 37.2 Å². The minimum atomic E-state index is -0.535. The third-order valence-electron chi connectivity index (χ3n) is 3.60. The van der Waals surface area contributed by atoms with Crippen molar-refractivity contribution in [1.82, 2.24) is 9.80 Å². The molecule has 3 fully saturated rings. The largest absolute Gasteiger partial charge is 0.465 e. The first-order valence-electron chi connectivity index (χ1n) is 5.63. The molecule has 3 aliphatic rings. The summed E-state index contributed by atoms with van der Waals surface area (Å²) in [6, 6.07) is 2.00. The molecule has 3 aliphatic heterocycles. The molecule has 0 radical (unpaired) electrons. The van der Waals surface area contributed by atoms with Gasteiger partial charge < -0.3 is 9.52 Å². The number of hydrogen-bond acceptors (Lipinski definition) is 4. The summed E-state index contributed by atoms with van der Waals surface area (Å²) in [5, 5.41) is 10.3.